The van der Waals surface area contributed by atoms with Gasteiger partial charge in [-0.3, -0.25) is 4.90 Å². The molecule has 0 N–H and O–H groups in total. The predicted molar refractivity (Wildman–Crippen MR) is 96.4 cm³/mol. The lowest BCUT2D eigenvalue weighted by molar-refractivity contribution is 0.164. The van der Waals surface area contributed by atoms with E-state index in [1.165, 1.54) is 25.7 Å². The van der Waals surface area contributed by atoms with Crippen LogP contribution in [0.3, 0.4) is 0 Å². The van der Waals surface area contributed by atoms with Crippen LogP contribution in [0.4, 0.5) is 5.82 Å². The Morgan fingerprint density at radius 2 is 1.96 bits per heavy atom. The lowest BCUT2D eigenvalue weighted by atomic mass is 9.93. The van der Waals surface area contributed by atoms with Crippen molar-refractivity contribution in [1.29, 1.82) is 0 Å². The topological polar surface area (TPSA) is 58.3 Å². The van der Waals surface area contributed by atoms with Crippen LogP contribution in [0.25, 0.3) is 0 Å². The highest BCUT2D eigenvalue weighted by Gasteiger charge is 2.22. The van der Waals surface area contributed by atoms with Crippen LogP contribution in [0, 0.1) is 12.8 Å². The van der Waals surface area contributed by atoms with Crippen LogP contribution in [0.5, 0.6) is 0 Å². The predicted octanol–water partition coefficient (Wildman–Crippen LogP) is 2.83. The third-order valence-electron chi connectivity index (χ3n) is 5.29. The van der Waals surface area contributed by atoms with Gasteiger partial charge in [0.25, 0.3) is 0 Å². The number of rotatable bonds is 5. The molecule has 0 bridgehead atoms. The highest BCUT2D eigenvalue weighted by molar-refractivity contribution is 5.38. The molecule has 25 heavy (non-hydrogen) atoms. The zero-order chi connectivity index (χ0) is 17.1. The molecular formula is C19H27N5O. The Balaban J connectivity index is 1.32. The third kappa shape index (κ3) is 4.18. The first kappa shape index (κ1) is 16.5. The van der Waals surface area contributed by atoms with Gasteiger partial charge in [0.05, 0.1) is 11.4 Å². The number of aryl methyl sites for hydroxylation is 1. The smallest absolute Gasteiger partial charge is 0.191 e. The molecule has 134 valence electrons. The molecule has 6 nitrogen and oxygen atoms in total. The van der Waals surface area contributed by atoms with Crippen molar-refractivity contribution in [2.45, 2.75) is 45.6 Å². The summed E-state index contributed by atoms with van der Waals surface area (Å²) < 4.78 is 5.32. The maximum absolute atomic E-state index is 5.32. The molecule has 2 aliphatic heterocycles. The Bertz CT molecular complexity index is 677. The first-order chi connectivity index (χ1) is 12.3. The maximum Gasteiger partial charge on any atom is 0.191 e. The molecule has 6 heteroatoms. The van der Waals surface area contributed by atoms with Gasteiger partial charge in [0.15, 0.2) is 11.7 Å². The Morgan fingerprint density at radius 1 is 1.08 bits per heavy atom. The van der Waals surface area contributed by atoms with Gasteiger partial charge < -0.3 is 9.32 Å². The Kier molecular flexibility index (Phi) is 4.97. The molecule has 4 heterocycles. The van der Waals surface area contributed by atoms with E-state index in [0.717, 1.165) is 62.2 Å². The van der Waals surface area contributed by atoms with Gasteiger partial charge in [-0.15, -0.1) is 5.10 Å². The van der Waals surface area contributed by atoms with Crippen molar-refractivity contribution in [1.82, 2.24) is 20.1 Å². The molecule has 0 aliphatic carbocycles. The molecule has 1 atom stereocenters. The van der Waals surface area contributed by atoms with Crippen molar-refractivity contribution in [3.63, 3.8) is 0 Å². The summed E-state index contributed by atoms with van der Waals surface area (Å²) in [6.45, 7) is 7.25. The Labute approximate surface area is 149 Å². The molecule has 2 aromatic heterocycles. The zero-order valence-electron chi connectivity index (χ0n) is 15.0. The normalized spacial score (nSPS) is 21.8. The van der Waals surface area contributed by atoms with E-state index in [2.05, 4.69) is 37.1 Å². The van der Waals surface area contributed by atoms with E-state index in [4.69, 9.17) is 4.42 Å². The number of aromatic nitrogens is 3. The van der Waals surface area contributed by atoms with Crippen molar-refractivity contribution in [3.8, 4) is 0 Å². The fraction of sp³-hybridized carbons (Fsp3) is 0.632. The lowest BCUT2D eigenvalue weighted by Gasteiger charge is -2.32. The second-order valence-electron chi connectivity index (χ2n) is 7.38. The summed E-state index contributed by atoms with van der Waals surface area (Å²) in [5.41, 5.74) is 2.15. The third-order valence-corrected chi connectivity index (χ3v) is 5.29. The van der Waals surface area contributed by atoms with E-state index < -0.39 is 0 Å². The second-order valence-corrected chi connectivity index (χ2v) is 7.38. The summed E-state index contributed by atoms with van der Waals surface area (Å²) in [7, 11) is 0. The van der Waals surface area contributed by atoms with Crippen LogP contribution in [0.15, 0.2) is 22.8 Å². The van der Waals surface area contributed by atoms with Crippen LogP contribution >= 0.6 is 0 Å². The highest BCUT2D eigenvalue weighted by atomic mass is 16.3. The maximum atomic E-state index is 5.32. The molecule has 2 saturated heterocycles. The van der Waals surface area contributed by atoms with Crippen LogP contribution in [-0.2, 0) is 13.0 Å². The van der Waals surface area contributed by atoms with Crippen LogP contribution in [0.2, 0.25) is 0 Å². The number of piperidine rings is 1. The Morgan fingerprint density at radius 3 is 2.68 bits per heavy atom. The van der Waals surface area contributed by atoms with Gasteiger partial charge in [0.1, 0.15) is 6.26 Å². The van der Waals surface area contributed by atoms with E-state index in [-0.39, 0.29) is 0 Å². The second kappa shape index (κ2) is 7.52. The fourth-order valence-electron chi connectivity index (χ4n) is 4.04. The van der Waals surface area contributed by atoms with Crippen molar-refractivity contribution in [2.75, 3.05) is 31.1 Å². The van der Waals surface area contributed by atoms with E-state index in [0.29, 0.717) is 5.92 Å². The molecule has 0 radical (unpaired) electrons. The SMILES string of the molecule is Cc1nc(CN2CCC[C@H](Cc3ccc(N4CCCC4)nn3)C2)co1. The first-order valence-corrected chi connectivity index (χ1v) is 9.47. The van der Waals surface area contributed by atoms with Crippen LogP contribution in [0.1, 0.15) is 43.0 Å². The van der Waals surface area contributed by atoms with E-state index >= 15 is 0 Å². The molecular weight excluding hydrogens is 314 g/mol. The Hall–Kier alpha value is -1.95. The van der Waals surface area contributed by atoms with Crippen molar-refractivity contribution in [2.24, 2.45) is 5.92 Å². The number of hydrogen-bond acceptors (Lipinski definition) is 6. The summed E-state index contributed by atoms with van der Waals surface area (Å²) in [5, 5.41) is 8.95. The van der Waals surface area contributed by atoms with Gasteiger partial charge in [-0.2, -0.15) is 5.10 Å². The number of anilines is 1. The van der Waals surface area contributed by atoms with E-state index in [1.54, 1.807) is 6.26 Å². The quantitative estimate of drug-likeness (QED) is 0.833. The standard InChI is InChI=1S/C19H27N5O/c1-15-20-18(14-25-15)13-23-8-4-5-16(12-23)11-17-6-7-19(22-21-17)24-9-2-3-10-24/h6-7,14,16H,2-5,8-13H2,1H3/t16-/m1/s1. The van der Waals surface area contributed by atoms with E-state index in [9.17, 15) is 0 Å². The van der Waals surface area contributed by atoms with Gasteiger partial charge in [-0.05, 0) is 56.7 Å². The summed E-state index contributed by atoms with van der Waals surface area (Å²) >= 11 is 0. The number of likely N-dealkylation sites (tertiary alicyclic amines) is 1. The van der Waals surface area contributed by atoms with Crippen LogP contribution in [-0.4, -0.2) is 46.3 Å². The minimum absolute atomic E-state index is 0.647. The van der Waals surface area contributed by atoms with Gasteiger partial charge in [0.2, 0.25) is 0 Å². The van der Waals surface area contributed by atoms with Crippen LogP contribution < -0.4 is 4.90 Å². The monoisotopic (exact) mass is 341 g/mol. The highest BCUT2D eigenvalue weighted by Crippen LogP contribution is 2.22. The minimum Gasteiger partial charge on any atom is -0.449 e. The van der Waals surface area contributed by atoms with Crippen molar-refractivity contribution in [3.05, 3.63) is 35.7 Å². The molecule has 0 saturated carbocycles. The summed E-state index contributed by atoms with van der Waals surface area (Å²) in [6.07, 6.45) is 7.84. The van der Waals surface area contributed by atoms with Gasteiger partial charge in [-0.25, -0.2) is 4.98 Å². The van der Waals surface area contributed by atoms with Gasteiger partial charge in [0, 0.05) is 33.1 Å². The summed E-state index contributed by atoms with van der Waals surface area (Å²) in [6, 6.07) is 4.31. The summed E-state index contributed by atoms with van der Waals surface area (Å²) in [4.78, 5) is 9.24. The average molecular weight is 341 g/mol. The summed E-state index contributed by atoms with van der Waals surface area (Å²) in [5.74, 6) is 2.43. The molecule has 0 amide bonds. The van der Waals surface area contributed by atoms with Crippen molar-refractivity contribution < 1.29 is 4.42 Å². The molecule has 4 rings (SSSR count). The number of nitrogens with zero attached hydrogens (tertiary/aromatic N) is 5. The van der Waals surface area contributed by atoms with Gasteiger partial charge >= 0.3 is 0 Å². The number of hydrogen-bond donors (Lipinski definition) is 0. The zero-order valence-corrected chi connectivity index (χ0v) is 15.0. The average Bonchev–Trinajstić information content (AvgIpc) is 3.28. The molecule has 2 aliphatic rings. The molecule has 0 unspecified atom stereocenters. The first-order valence-electron chi connectivity index (χ1n) is 9.47. The minimum atomic E-state index is 0.647. The van der Waals surface area contributed by atoms with Gasteiger partial charge in [-0.1, -0.05) is 0 Å². The van der Waals surface area contributed by atoms with Crippen molar-refractivity contribution >= 4 is 5.82 Å². The molecule has 0 aromatic carbocycles. The largest absolute Gasteiger partial charge is 0.449 e. The molecule has 0 spiro atoms. The molecule has 2 fully saturated rings. The lowest BCUT2D eigenvalue weighted by Crippen LogP contribution is -2.36. The number of oxazole rings is 1. The molecule has 2 aromatic rings. The fourth-order valence-corrected chi connectivity index (χ4v) is 4.04. The van der Waals surface area contributed by atoms with E-state index in [1.807, 2.05) is 6.92 Å².